The zero-order chi connectivity index (χ0) is 21.0. The monoisotopic (exact) mass is 403 g/mol. The van der Waals surface area contributed by atoms with Gasteiger partial charge in [-0.3, -0.25) is 4.98 Å². The van der Waals surface area contributed by atoms with E-state index in [4.69, 9.17) is 10.5 Å². The molecule has 2 atom stereocenters. The van der Waals surface area contributed by atoms with Crippen LogP contribution >= 0.6 is 0 Å². The summed E-state index contributed by atoms with van der Waals surface area (Å²) in [5, 5.41) is 2.96. The number of hydrogen-bond donors (Lipinski definition) is 3. The van der Waals surface area contributed by atoms with Crippen molar-refractivity contribution in [3.8, 4) is 0 Å². The van der Waals surface area contributed by atoms with Crippen molar-refractivity contribution in [2.45, 2.75) is 38.7 Å². The first-order valence-corrected chi connectivity index (χ1v) is 9.70. The quantitative estimate of drug-likeness (QED) is 0.507. The zero-order valence-electron chi connectivity index (χ0n) is 16.9. The maximum absolute atomic E-state index is 14.1. The number of H-pyrrole nitrogens is 1. The number of benzene rings is 1. The van der Waals surface area contributed by atoms with Crippen LogP contribution in [0.5, 0.6) is 0 Å². The maximum atomic E-state index is 14.1. The van der Waals surface area contributed by atoms with Crippen LogP contribution in [0, 0.1) is 18.6 Å². The minimum absolute atomic E-state index is 0.0228. The van der Waals surface area contributed by atoms with Gasteiger partial charge in [-0.25, -0.2) is 13.8 Å². The first-order valence-electron chi connectivity index (χ1n) is 9.70. The molecule has 0 aliphatic carbocycles. The predicted molar refractivity (Wildman–Crippen MR) is 110 cm³/mol. The number of nitrogens with zero attached hydrogens (tertiary/aromatic N) is 2. The topological polar surface area (TPSA) is 88.8 Å². The van der Waals surface area contributed by atoms with Crippen LogP contribution in [0.2, 0.25) is 0 Å². The van der Waals surface area contributed by atoms with Gasteiger partial charge in [0, 0.05) is 31.1 Å². The normalized spacial score (nSPS) is 13.6. The fourth-order valence-electron chi connectivity index (χ4n) is 3.26. The number of nitrogens with two attached hydrogens (primary N) is 1. The van der Waals surface area contributed by atoms with Crippen LogP contribution in [-0.4, -0.2) is 41.3 Å². The standard InChI is InChI=1S/C21H27F2N5O/c1-12-6-18-19(7-16(12)22)28-21(27-18)13(2)11-29-14(8-24)4-5-15-17(23)9-26-10-20(15)25-3/h6-7,9-10,13-14,25H,4-5,8,11,24H2,1-3H3,(H,27,28)/t13-,14+/m0/s1. The number of rotatable bonds is 9. The molecule has 2 aromatic heterocycles. The number of pyridine rings is 1. The van der Waals surface area contributed by atoms with Crippen molar-refractivity contribution in [1.82, 2.24) is 15.0 Å². The Morgan fingerprint density at radius 1 is 1.24 bits per heavy atom. The van der Waals surface area contributed by atoms with Gasteiger partial charge >= 0.3 is 0 Å². The molecule has 0 saturated heterocycles. The lowest BCUT2D eigenvalue weighted by atomic mass is 10.1. The molecule has 1 aromatic carbocycles. The number of aromatic nitrogens is 3. The van der Waals surface area contributed by atoms with Gasteiger partial charge in [0.25, 0.3) is 0 Å². The van der Waals surface area contributed by atoms with Crippen LogP contribution in [0.1, 0.15) is 36.2 Å². The first-order chi connectivity index (χ1) is 13.9. The second kappa shape index (κ2) is 9.28. The van der Waals surface area contributed by atoms with Gasteiger partial charge in [0.2, 0.25) is 0 Å². The van der Waals surface area contributed by atoms with Crippen molar-refractivity contribution in [2.24, 2.45) is 5.73 Å². The van der Waals surface area contributed by atoms with E-state index in [1.807, 2.05) is 6.92 Å². The molecule has 0 aliphatic heterocycles. The molecule has 0 saturated carbocycles. The molecule has 29 heavy (non-hydrogen) atoms. The molecule has 2 heterocycles. The Balaban J connectivity index is 1.60. The molecule has 0 fully saturated rings. The summed E-state index contributed by atoms with van der Waals surface area (Å²) in [6.07, 6.45) is 3.68. The molecule has 3 aromatic rings. The zero-order valence-corrected chi connectivity index (χ0v) is 16.9. The van der Waals surface area contributed by atoms with E-state index in [1.54, 1.807) is 26.2 Å². The smallest absolute Gasteiger partial charge is 0.146 e. The predicted octanol–water partition coefficient (Wildman–Crippen LogP) is 3.67. The molecule has 4 N–H and O–H groups in total. The van der Waals surface area contributed by atoms with E-state index in [0.29, 0.717) is 48.3 Å². The molecule has 0 unspecified atom stereocenters. The number of hydrogen-bond acceptors (Lipinski definition) is 5. The van der Waals surface area contributed by atoms with Gasteiger partial charge in [0.1, 0.15) is 17.5 Å². The Hall–Kier alpha value is -2.58. The van der Waals surface area contributed by atoms with Gasteiger partial charge in [-0.15, -0.1) is 0 Å². The number of aryl methyl sites for hydroxylation is 1. The van der Waals surface area contributed by atoms with Crippen molar-refractivity contribution in [3.05, 3.63) is 53.1 Å². The number of nitrogens with one attached hydrogen (secondary N) is 2. The highest BCUT2D eigenvalue weighted by Gasteiger charge is 2.17. The van der Waals surface area contributed by atoms with Gasteiger partial charge < -0.3 is 20.8 Å². The van der Waals surface area contributed by atoms with Crippen molar-refractivity contribution >= 4 is 16.7 Å². The SMILES string of the molecule is CNc1cncc(F)c1CC[C@H](CN)OC[C@H](C)c1nc2cc(F)c(C)cc2[nH]1. The first kappa shape index (κ1) is 21.1. The van der Waals surface area contributed by atoms with Crippen molar-refractivity contribution < 1.29 is 13.5 Å². The molecular formula is C21H27F2N5O. The second-order valence-electron chi connectivity index (χ2n) is 7.27. The molecular weight excluding hydrogens is 376 g/mol. The molecule has 156 valence electrons. The average molecular weight is 403 g/mol. The van der Waals surface area contributed by atoms with Crippen LogP contribution in [-0.2, 0) is 11.2 Å². The highest BCUT2D eigenvalue weighted by Crippen LogP contribution is 2.23. The Morgan fingerprint density at radius 2 is 2.03 bits per heavy atom. The van der Waals surface area contributed by atoms with Crippen LogP contribution in [0.25, 0.3) is 11.0 Å². The number of imidazole rings is 1. The highest BCUT2D eigenvalue weighted by atomic mass is 19.1. The molecule has 0 aliphatic rings. The van der Waals surface area contributed by atoms with Gasteiger partial charge in [0.05, 0.1) is 41.8 Å². The number of fused-ring (bicyclic) bond motifs is 1. The number of anilines is 1. The average Bonchev–Trinajstić information content (AvgIpc) is 3.11. The fraction of sp³-hybridized carbons (Fsp3) is 0.429. The Kier molecular flexibility index (Phi) is 6.76. The summed E-state index contributed by atoms with van der Waals surface area (Å²) < 4.78 is 33.8. The molecule has 0 bridgehead atoms. The van der Waals surface area contributed by atoms with Crippen molar-refractivity contribution in [2.75, 3.05) is 25.5 Å². The van der Waals surface area contributed by atoms with Crippen LogP contribution < -0.4 is 11.1 Å². The Bertz CT molecular complexity index is 936. The lowest BCUT2D eigenvalue weighted by Crippen LogP contribution is -2.26. The van der Waals surface area contributed by atoms with E-state index in [1.165, 1.54) is 12.3 Å². The van der Waals surface area contributed by atoms with E-state index in [0.717, 1.165) is 11.3 Å². The molecule has 0 radical (unpaired) electrons. The van der Waals surface area contributed by atoms with Gasteiger partial charge in [-0.2, -0.15) is 0 Å². The summed E-state index contributed by atoms with van der Waals surface area (Å²) in [7, 11) is 1.74. The fourth-order valence-corrected chi connectivity index (χ4v) is 3.26. The van der Waals surface area contributed by atoms with Crippen LogP contribution in [0.4, 0.5) is 14.5 Å². The van der Waals surface area contributed by atoms with E-state index in [2.05, 4.69) is 20.3 Å². The summed E-state index contributed by atoms with van der Waals surface area (Å²) in [5.41, 5.74) is 9.06. The summed E-state index contributed by atoms with van der Waals surface area (Å²) in [4.78, 5) is 11.6. The van der Waals surface area contributed by atoms with Crippen LogP contribution in [0.3, 0.4) is 0 Å². The van der Waals surface area contributed by atoms with Gasteiger partial charge in [-0.1, -0.05) is 6.92 Å². The largest absolute Gasteiger partial charge is 0.387 e. The van der Waals surface area contributed by atoms with Crippen LogP contribution in [0.15, 0.2) is 24.5 Å². The molecule has 8 heteroatoms. The van der Waals surface area contributed by atoms with E-state index < -0.39 is 0 Å². The van der Waals surface area contributed by atoms with Gasteiger partial charge in [-0.05, 0) is 31.4 Å². The van der Waals surface area contributed by atoms with Crippen molar-refractivity contribution in [1.29, 1.82) is 0 Å². The van der Waals surface area contributed by atoms with E-state index in [9.17, 15) is 8.78 Å². The highest BCUT2D eigenvalue weighted by molar-refractivity contribution is 5.76. The lowest BCUT2D eigenvalue weighted by molar-refractivity contribution is 0.0450. The third kappa shape index (κ3) is 4.89. The lowest BCUT2D eigenvalue weighted by Gasteiger charge is -2.19. The minimum atomic E-state index is -0.342. The third-order valence-electron chi connectivity index (χ3n) is 5.08. The van der Waals surface area contributed by atoms with Gasteiger partial charge in [0.15, 0.2) is 0 Å². The Labute approximate surface area is 168 Å². The summed E-state index contributed by atoms with van der Waals surface area (Å²) >= 11 is 0. The number of halogens is 2. The molecule has 6 nitrogen and oxygen atoms in total. The summed E-state index contributed by atoms with van der Waals surface area (Å²) in [5.74, 6) is 0.0986. The Morgan fingerprint density at radius 3 is 2.76 bits per heavy atom. The molecule has 3 rings (SSSR count). The molecule has 0 spiro atoms. The maximum Gasteiger partial charge on any atom is 0.146 e. The van der Waals surface area contributed by atoms with E-state index in [-0.39, 0.29) is 23.7 Å². The number of aromatic amines is 1. The third-order valence-corrected chi connectivity index (χ3v) is 5.08. The summed E-state index contributed by atoms with van der Waals surface area (Å²) in [6.45, 7) is 4.44. The number of ether oxygens (including phenoxy) is 1. The van der Waals surface area contributed by atoms with E-state index >= 15 is 0 Å². The minimum Gasteiger partial charge on any atom is -0.387 e. The second-order valence-corrected chi connectivity index (χ2v) is 7.27. The summed E-state index contributed by atoms with van der Waals surface area (Å²) in [6, 6.07) is 3.18. The molecule has 0 amide bonds. The van der Waals surface area contributed by atoms with Crippen molar-refractivity contribution in [3.63, 3.8) is 0 Å².